The molecule has 0 unspecified atom stereocenters. The van der Waals surface area contributed by atoms with Gasteiger partial charge in [0, 0.05) is 44.0 Å². The summed E-state index contributed by atoms with van der Waals surface area (Å²) in [7, 11) is 3.64. The highest BCUT2D eigenvalue weighted by Gasteiger charge is 2.30. The molecule has 140 valence electrons. The normalized spacial score (nSPS) is 21.4. The fourth-order valence-corrected chi connectivity index (χ4v) is 4.45. The summed E-state index contributed by atoms with van der Waals surface area (Å²) in [6.07, 6.45) is 9.77. The maximum atomic E-state index is 12.7. The molecule has 1 atom stereocenters. The van der Waals surface area contributed by atoms with Crippen molar-refractivity contribution in [1.29, 1.82) is 0 Å². The van der Waals surface area contributed by atoms with Crippen LogP contribution in [-0.2, 0) is 19.4 Å². The lowest BCUT2D eigenvalue weighted by atomic mass is 9.88. The van der Waals surface area contributed by atoms with Crippen LogP contribution in [0.4, 0.5) is 0 Å². The van der Waals surface area contributed by atoms with Gasteiger partial charge in [-0.1, -0.05) is 33.1 Å². The second-order valence-electron chi connectivity index (χ2n) is 8.42. The Labute approximate surface area is 152 Å². The second-order valence-corrected chi connectivity index (χ2v) is 8.42. The number of fused-ring (bicyclic) bond motifs is 1. The molecule has 1 aromatic heterocycles. The summed E-state index contributed by atoms with van der Waals surface area (Å²) in [5.41, 5.74) is 3.20. The van der Waals surface area contributed by atoms with E-state index in [0.717, 1.165) is 31.7 Å². The van der Waals surface area contributed by atoms with Crippen LogP contribution in [0.3, 0.4) is 0 Å². The Morgan fingerprint density at radius 1 is 1.24 bits per heavy atom. The van der Waals surface area contributed by atoms with Gasteiger partial charge in [0.05, 0.1) is 0 Å². The minimum Gasteiger partial charge on any atom is -0.343 e. The Hall–Kier alpha value is -1.36. The van der Waals surface area contributed by atoms with Gasteiger partial charge >= 0.3 is 0 Å². The summed E-state index contributed by atoms with van der Waals surface area (Å²) in [4.78, 5) is 14.3. The average molecular weight is 347 g/mol. The highest BCUT2D eigenvalue weighted by Crippen LogP contribution is 2.30. The minimum atomic E-state index is 0.0452. The van der Waals surface area contributed by atoms with E-state index in [1.807, 2.05) is 14.1 Å². The third kappa shape index (κ3) is 4.25. The van der Waals surface area contributed by atoms with Crippen molar-refractivity contribution in [2.24, 2.45) is 5.92 Å². The second kappa shape index (κ2) is 7.90. The summed E-state index contributed by atoms with van der Waals surface area (Å²) >= 11 is 0. The van der Waals surface area contributed by atoms with Crippen LogP contribution < -0.4 is 5.32 Å². The van der Waals surface area contributed by atoms with Gasteiger partial charge in [0.2, 0.25) is 0 Å². The van der Waals surface area contributed by atoms with E-state index >= 15 is 0 Å². The van der Waals surface area contributed by atoms with Crippen LogP contribution in [0.2, 0.25) is 0 Å². The zero-order chi connectivity index (χ0) is 18.0. The monoisotopic (exact) mass is 346 g/mol. The van der Waals surface area contributed by atoms with Crippen molar-refractivity contribution in [2.45, 2.75) is 83.8 Å². The Kier molecular flexibility index (Phi) is 5.82. The topological polar surface area (TPSA) is 50.2 Å². The molecule has 0 radical (unpaired) electrons. The number of amides is 1. The van der Waals surface area contributed by atoms with Gasteiger partial charge in [0.15, 0.2) is 5.69 Å². The summed E-state index contributed by atoms with van der Waals surface area (Å²) in [5, 5.41) is 8.47. The first kappa shape index (κ1) is 18.4. The predicted octanol–water partition coefficient (Wildman–Crippen LogP) is 3.02. The molecule has 5 nitrogen and oxygen atoms in total. The smallest absolute Gasteiger partial charge is 0.274 e. The largest absolute Gasteiger partial charge is 0.343 e. The number of hydrogen-bond acceptors (Lipinski definition) is 3. The maximum absolute atomic E-state index is 12.7. The number of nitrogens with zero attached hydrogens (tertiary/aromatic N) is 3. The molecule has 1 heterocycles. The molecule has 1 fully saturated rings. The molecule has 0 bridgehead atoms. The van der Waals surface area contributed by atoms with Crippen molar-refractivity contribution in [3.8, 4) is 0 Å². The zero-order valence-electron chi connectivity index (χ0n) is 16.3. The van der Waals surface area contributed by atoms with Crippen LogP contribution in [0.5, 0.6) is 0 Å². The summed E-state index contributed by atoms with van der Waals surface area (Å²) in [6, 6.07) is 0.922. The number of aromatic nitrogens is 2. The maximum Gasteiger partial charge on any atom is 0.274 e. The van der Waals surface area contributed by atoms with Gasteiger partial charge in [-0.15, -0.1) is 0 Å². The molecule has 2 aliphatic rings. The molecule has 5 heteroatoms. The minimum absolute atomic E-state index is 0.0452. The zero-order valence-corrected chi connectivity index (χ0v) is 16.3. The highest BCUT2D eigenvalue weighted by molar-refractivity contribution is 5.93. The van der Waals surface area contributed by atoms with Crippen molar-refractivity contribution in [3.05, 3.63) is 17.0 Å². The summed E-state index contributed by atoms with van der Waals surface area (Å²) in [5.74, 6) is 0.774. The molecular formula is C20H34N4O. The molecule has 0 aliphatic heterocycles. The summed E-state index contributed by atoms with van der Waals surface area (Å²) < 4.78 is 2.19. The number of rotatable bonds is 5. The van der Waals surface area contributed by atoms with Gasteiger partial charge in [-0.3, -0.25) is 9.48 Å². The van der Waals surface area contributed by atoms with Gasteiger partial charge in [-0.05, 0) is 38.0 Å². The molecule has 25 heavy (non-hydrogen) atoms. The van der Waals surface area contributed by atoms with E-state index in [9.17, 15) is 4.79 Å². The van der Waals surface area contributed by atoms with E-state index in [4.69, 9.17) is 5.10 Å². The van der Waals surface area contributed by atoms with E-state index in [-0.39, 0.29) is 5.91 Å². The highest BCUT2D eigenvalue weighted by atomic mass is 16.2. The fraction of sp³-hybridized carbons (Fsp3) is 0.800. The number of carbonyl (C=O) groups is 1. The van der Waals surface area contributed by atoms with E-state index in [2.05, 4.69) is 23.8 Å². The Morgan fingerprint density at radius 3 is 2.60 bits per heavy atom. The van der Waals surface area contributed by atoms with Crippen molar-refractivity contribution < 1.29 is 4.79 Å². The molecule has 1 N–H and O–H groups in total. The van der Waals surface area contributed by atoms with E-state index in [1.54, 1.807) is 4.90 Å². The Morgan fingerprint density at radius 2 is 1.96 bits per heavy atom. The molecule has 1 saturated carbocycles. The lowest BCUT2D eigenvalue weighted by Gasteiger charge is -2.27. The standard InChI is InChI=1S/C20H34N4O/c1-14(2)21-16-10-11-18-17(12-16)19(20(25)23(3)4)22-24(18)13-15-8-6-5-7-9-15/h14-16,21H,5-13H2,1-4H3/t16-/m1/s1. The first-order valence-electron chi connectivity index (χ1n) is 10.0. The van der Waals surface area contributed by atoms with E-state index in [1.165, 1.54) is 43.4 Å². The number of carbonyl (C=O) groups excluding carboxylic acids is 1. The van der Waals surface area contributed by atoms with Gasteiger partial charge in [-0.25, -0.2) is 0 Å². The van der Waals surface area contributed by atoms with Crippen LogP contribution in [0.15, 0.2) is 0 Å². The third-order valence-corrected chi connectivity index (χ3v) is 5.68. The Bertz CT molecular complexity index is 599. The molecule has 0 aromatic carbocycles. The van der Waals surface area contributed by atoms with Crippen LogP contribution >= 0.6 is 0 Å². The molecule has 3 rings (SSSR count). The van der Waals surface area contributed by atoms with Crippen molar-refractivity contribution in [2.75, 3.05) is 14.1 Å². The van der Waals surface area contributed by atoms with E-state index < -0.39 is 0 Å². The molecule has 0 spiro atoms. The SMILES string of the molecule is CC(C)N[C@@H]1CCc2c(c(C(=O)N(C)C)nn2CC2CCCCC2)C1. The molecule has 1 amide bonds. The molecule has 2 aliphatic carbocycles. The van der Waals surface area contributed by atoms with Crippen molar-refractivity contribution in [3.63, 3.8) is 0 Å². The van der Waals surface area contributed by atoms with Gasteiger partial charge in [0.25, 0.3) is 5.91 Å². The lowest BCUT2D eigenvalue weighted by molar-refractivity contribution is 0.0819. The van der Waals surface area contributed by atoms with E-state index in [0.29, 0.717) is 17.8 Å². The third-order valence-electron chi connectivity index (χ3n) is 5.68. The predicted molar refractivity (Wildman–Crippen MR) is 101 cm³/mol. The molecular weight excluding hydrogens is 312 g/mol. The lowest BCUT2D eigenvalue weighted by Crippen LogP contribution is -2.39. The molecule has 0 saturated heterocycles. The average Bonchev–Trinajstić information content (AvgIpc) is 2.92. The first-order chi connectivity index (χ1) is 12.0. The van der Waals surface area contributed by atoms with Gasteiger partial charge in [-0.2, -0.15) is 5.10 Å². The van der Waals surface area contributed by atoms with Crippen LogP contribution in [-0.4, -0.2) is 46.8 Å². The van der Waals surface area contributed by atoms with Gasteiger partial charge < -0.3 is 10.2 Å². The number of hydrogen-bond donors (Lipinski definition) is 1. The van der Waals surface area contributed by atoms with Crippen LogP contribution in [0, 0.1) is 5.92 Å². The van der Waals surface area contributed by atoms with Crippen LogP contribution in [0.25, 0.3) is 0 Å². The molecule has 1 aromatic rings. The fourth-order valence-electron chi connectivity index (χ4n) is 4.45. The first-order valence-corrected chi connectivity index (χ1v) is 10.0. The quantitative estimate of drug-likeness (QED) is 0.891. The van der Waals surface area contributed by atoms with Crippen molar-refractivity contribution >= 4 is 5.91 Å². The number of nitrogens with one attached hydrogen (secondary N) is 1. The van der Waals surface area contributed by atoms with Crippen LogP contribution in [0.1, 0.15) is 74.1 Å². The Balaban J connectivity index is 1.86. The van der Waals surface area contributed by atoms with Gasteiger partial charge in [0.1, 0.15) is 0 Å². The summed E-state index contributed by atoms with van der Waals surface area (Å²) in [6.45, 7) is 5.37. The van der Waals surface area contributed by atoms with Crippen molar-refractivity contribution in [1.82, 2.24) is 20.0 Å².